The van der Waals surface area contributed by atoms with E-state index in [1.54, 1.807) is 0 Å². The fourth-order valence-corrected chi connectivity index (χ4v) is 2.62. The van der Waals surface area contributed by atoms with Crippen molar-refractivity contribution in [1.82, 2.24) is 0 Å². The van der Waals surface area contributed by atoms with E-state index in [0.29, 0.717) is 6.61 Å². The Bertz CT molecular complexity index is 613. The van der Waals surface area contributed by atoms with Crippen molar-refractivity contribution in [2.24, 2.45) is 0 Å². The van der Waals surface area contributed by atoms with Crippen molar-refractivity contribution in [3.05, 3.63) is 65.8 Å². The number of hydrogen-bond acceptors (Lipinski definition) is 3. The molecule has 0 saturated carbocycles. The predicted molar refractivity (Wildman–Crippen MR) is 79.6 cm³/mol. The van der Waals surface area contributed by atoms with Crippen LogP contribution < -0.4 is 5.32 Å². The average Bonchev–Trinajstić information content (AvgIpc) is 2.64. The quantitative estimate of drug-likeness (QED) is 0.836. The molecule has 102 valence electrons. The molecular formula is C17H17NO2. The van der Waals surface area contributed by atoms with Crippen LogP contribution in [0.25, 0.3) is 0 Å². The second-order valence-corrected chi connectivity index (χ2v) is 4.85. The molecule has 2 aliphatic rings. The summed E-state index contributed by atoms with van der Waals surface area (Å²) in [6.45, 7) is 2.23. The molecule has 1 aromatic rings. The number of hydrogen-bond donors (Lipinski definition) is 1. The summed E-state index contributed by atoms with van der Waals surface area (Å²) in [5.41, 5.74) is 3.05. The molecule has 1 heterocycles. The maximum atomic E-state index is 12.3. The summed E-state index contributed by atoms with van der Waals surface area (Å²) in [5.74, 6) is -0.548. The summed E-state index contributed by atoms with van der Waals surface area (Å²) >= 11 is 0. The van der Waals surface area contributed by atoms with Crippen LogP contribution in [0.1, 0.15) is 18.4 Å². The van der Waals surface area contributed by atoms with Gasteiger partial charge in [0.2, 0.25) is 0 Å². The highest BCUT2D eigenvalue weighted by molar-refractivity contribution is 5.84. The van der Waals surface area contributed by atoms with E-state index in [9.17, 15) is 4.79 Å². The molecule has 1 aliphatic carbocycles. The average molecular weight is 267 g/mol. The number of ether oxygens (including phenoxy) is 1. The zero-order chi connectivity index (χ0) is 13.9. The van der Waals surface area contributed by atoms with Crippen LogP contribution in [0, 0.1) is 0 Å². The summed E-state index contributed by atoms with van der Waals surface area (Å²) in [6, 6.07) is 8.02. The number of carbonyl (C=O) groups is 1. The van der Waals surface area contributed by atoms with E-state index in [1.807, 2.05) is 55.5 Å². The van der Waals surface area contributed by atoms with Gasteiger partial charge in [0.1, 0.15) is 5.92 Å². The van der Waals surface area contributed by atoms with Crippen LogP contribution in [0.3, 0.4) is 0 Å². The molecule has 1 N–H and O–H groups in total. The zero-order valence-electron chi connectivity index (χ0n) is 11.4. The molecule has 0 spiro atoms. The lowest BCUT2D eigenvalue weighted by molar-refractivity contribution is -0.143. The lowest BCUT2D eigenvalue weighted by atomic mass is 9.94. The van der Waals surface area contributed by atoms with Crippen LogP contribution in [0.2, 0.25) is 0 Å². The summed E-state index contributed by atoms with van der Waals surface area (Å²) in [4.78, 5) is 12.3. The molecule has 0 radical (unpaired) electrons. The Balaban J connectivity index is 2.07. The molecule has 0 fully saturated rings. The van der Waals surface area contributed by atoms with E-state index >= 15 is 0 Å². The summed E-state index contributed by atoms with van der Waals surface area (Å²) in [7, 11) is 0. The molecule has 0 bridgehead atoms. The topological polar surface area (TPSA) is 38.3 Å². The normalized spacial score (nSPS) is 22.9. The van der Waals surface area contributed by atoms with E-state index in [2.05, 4.69) is 11.4 Å². The van der Waals surface area contributed by atoms with Crippen LogP contribution in [0.15, 0.2) is 60.2 Å². The number of rotatable bonds is 2. The number of benzene rings is 1. The molecule has 3 heteroatoms. The first-order chi connectivity index (χ1) is 9.79. The van der Waals surface area contributed by atoms with Gasteiger partial charge in [0.25, 0.3) is 0 Å². The molecular weight excluding hydrogens is 250 g/mol. The maximum absolute atomic E-state index is 12.3. The summed E-state index contributed by atoms with van der Waals surface area (Å²) < 4.78 is 5.22. The summed E-state index contributed by atoms with van der Waals surface area (Å²) in [6.07, 6.45) is 10.1. The van der Waals surface area contributed by atoms with Gasteiger partial charge in [0, 0.05) is 5.69 Å². The Morgan fingerprint density at radius 3 is 3.00 bits per heavy atom. The highest BCUT2D eigenvalue weighted by Gasteiger charge is 2.28. The van der Waals surface area contributed by atoms with Crippen molar-refractivity contribution in [1.29, 1.82) is 0 Å². The van der Waals surface area contributed by atoms with E-state index < -0.39 is 0 Å². The minimum atomic E-state index is -0.352. The number of fused-ring (bicyclic) bond motifs is 2. The highest BCUT2D eigenvalue weighted by atomic mass is 16.5. The van der Waals surface area contributed by atoms with Crippen molar-refractivity contribution in [2.45, 2.75) is 18.9 Å². The Morgan fingerprint density at radius 1 is 1.30 bits per heavy atom. The van der Waals surface area contributed by atoms with Crippen molar-refractivity contribution >= 4 is 11.7 Å². The standard InChI is InChI=1S/C17H17NO2/c1-2-20-17(19)14-11-12-7-3-5-9-15(12)18-16-10-6-4-8-13(14)16/h3-11,14-15,18H,2H2,1H3. The molecule has 1 aromatic carbocycles. The third-order valence-electron chi connectivity index (χ3n) is 3.57. The first kappa shape index (κ1) is 12.7. The number of nitrogens with one attached hydrogen (secondary N) is 1. The minimum Gasteiger partial charge on any atom is -0.465 e. The monoisotopic (exact) mass is 267 g/mol. The van der Waals surface area contributed by atoms with Crippen LogP contribution in [0.5, 0.6) is 0 Å². The highest BCUT2D eigenvalue weighted by Crippen LogP contribution is 2.34. The fourth-order valence-electron chi connectivity index (χ4n) is 2.62. The van der Waals surface area contributed by atoms with Gasteiger partial charge in [-0.3, -0.25) is 4.79 Å². The van der Waals surface area contributed by atoms with Gasteiger partial charge in [-0.05, 0) is 24.1 Å². The fraction of sp³-hybridized carbons (Fsp3) is 0.235. The van der Waals surface area contributed by atoms with E-state index in [4.69, 9.17) is 4.74 Å². The van der Waals surface area contributed by atoms with Crippen molar-refractivity contribution in [2.75, 3.05) is 11.9 Å². The Morgan fingerprint density at radius 2 is 2.15 bits per heavy atom. The second kappa shape index (κ2) is 5.37. The molecule has 0 amide bonds. The Labute approximate surface area is 118 Å². The van der Waals surface area contributed by atoms with Gasteiger partial charge in [-0.15, -0.1) is 0 Å². The van der Waals surface area contributed by atoms with Gasteiger partial charge in [-0.1, -0.05) is 48.6 Å². The summed E-state index contributed by atoms with van der Waals surface area (Å²) in [5, 5.41) is 3.47. The molecule has 3 rings (SSSR count). The Kier molecular flexibility index (Phi) is 3.42. The van der Waals surface area contributed by atoms with E-state index in [0.717, 1.165) is 16.8 Å². The van der Waals surface area contributed by atoms with Gasteiger partial charge in [-0.2, -0.15) is 0 Å². The molecule has 1 aliphatic heterocycles. The van der Waals surface area contributed by atoms with Gasteiger partial charge in [0.15, 0.2) is 0 Å². The van der Waals surface area contributed by atoms with Gasteiger partial charge in [-0.25, -0.2) is 0 Å². The number of anilines is 1. The third-order valence-corrected chi connectivity index (χ3v) is 3.57. The van der Waals surface area contributed by atoms with Crippen LogP contribution >= 0.6 is 0 Å². The smallest absolute Gasteiger partial charge is 0.317 e. The molecule has 2 atom stereocenters. The molecule has 0 saturated heterocycles. The first-order valence-corrected chi connectivity index (χ1v) is 6.88. The number of carbonyl (C=O) groups excluding carboxylic acids is 1. The molecule has 20 heavy (non-hydrogen) atoms. The predicted octanol–water partition coefficient (Wildman–Crippen LogP) is 3.18. The van der Waals surface area contributed by atoms with Crippen LogP contribution in [0.4, 0.5) is 5.69 Å². The number of esters is 1. The third kappa shape index (κ3) is 2.27. The van der Waals surface area contributed by atoms with Gasteiger partial charge >= 0.3 is 5.97 Å². The number of para-hydroxylation sites is 1. The zero-order valence-corrected chi connectivity index (χ0v) is 11.4. The van der Waals surface area contributed by atoms with E-state index in [-0.39, 0.29) is 17.9 Å². The van der Waals surface area contributed by atoms with Gasteiger partial charge in [0.05, 0.1) is 12.6 Å². The largest absolute Gasteiger partial charge is 0.465 e. The first-order valence-electron chi connectivity index (χ1n) is 6.88. The van der Waals surface area contributed by atoms with Crippen molar-refractivity contribution in [3.63, 3.8) is 0 Å². The molecule has 2 unspecified atom stereocenters. The number of allylic oxidation sites excluding steroid dienone is 2. The van der Waals surface area contributed by atoms with Gasteiger partial charge < -0.3 is 10.1 Å². The SMILES string of the molecule is CCOC(=O)C1C=C2C=CC=CC2Nc2ccccc21. The van der Waals surface area contributed by atoms with Crippen LogP contribution in [-0.4, -0.2) is 18.6 Å². The minimum absolute atomic E-state index is 0.112. The van der Waals surface area contributed by atoms with E-state index in [1.165, 1.54) is 0 Å². The van der Waals surface area contributed by atoms with Crippen LogP contribution in [-0.2, 0) is 9.53 Å². The van der Waals surface area contributed by atoms with Crippen molar-refractivity contribution in [3.8, 4) is 0 Å². The molecule has 0 aromatic heterocycles. The Hall–Kier alpha value is -2.29. The second-order valence-electron chi connectivity index (χ2n) is 4.85. The van der Waals surface area contributed by atoms with Crippen molar-refractivity contribution < 1.29 is 9.53 Å². The lowest BCUT2D eigenvalue weighted by Crippen LogP contribution is -2.19. The lowest BCUT2D eigenvalue weighted by Gasteiger charge is -2.18. The molecule has 3 nitrogen and oxygen atoms in total. The maximum Gasteiger partial charge on any atom is 0.317 e.